The number of nitrogens with zero attached hydrogens (tertiary/aromatic N) is 1. The molecule has 0 aliphatic rings. The minimum absolute atomic E-state index is 0.106. The molecular formula is C8H3BrFNO3. The van der Waals surface area contributed by atoms with Crippen molar-refractivity contribution in [2.24, 2.45) is 0 Å². The van der Waals surface area contributed by atoms with Crippen molar-refractivity contribution >= 4 is 32.9 Å². The third-order valence-corrected chi connectivity index (χ3v) is 2.27. The second-order valence-electron chi connectivity index (χ2n) is 2.61. The minimum atomic E-state index is -1.22. The van der Waals surface area contributed by atoms with Crippen LogP contribution < -0.4 is 0 Å². The minimum Gasteiger partial charge on any atom is -0.478 e. The van der Waals surface area contributed by atoms with Crippen molar-refractivity contribution in [3.63, 3.8) is 0 Å². The third-order valence-electron chi connectivity index (χ3n) is 1.73. The lowest BCUT2D eigenvalue weighted by Gasteiger charge is -1.95. The van der Waals surface area contributed by atoms with Gasteiger partial charge in [-0.2, -0.15) is 0 Å². The van der Waals surface area contributed by atoms with Gasteiger partial charge in [0.1, 0.15) is 5.82 Å². The van der Waals surface area contributed by atoms with E-state index < -0.39 is 11.8 Å². The summed E-state index contributed by atoms with van der Waals surface area (Å²) in [6.45, 7) is 0. The maximum Gasteiger partial charge on any atom is 0.336 e. The average molecular weight is 260 g/mol. The van der Waals surface area contributed by atoms with E-state index in [0.717, 1.165) is 12.1 Å². The Kier molecular flexibility index (Phi) is 1.99. The fourth-order valence-corrected chi connectivity index (χ4v) is 1.65. The van der Waals surface area contributed by atoms with Crippen LogP contribution in [0.4, 0.5) is 4.39 Å². The van der Waals surface area contributed by atoms with Crippen LogP contribution in [0, 0.1) is 5.82 Å². The second kappa shape index (κ2) is 3.06. The molecular weight excluding hydrogens is 257 g/mol. The van der Waals surface area contributed by atoms with Gasteiger partial charge in [0.25, 0.3) is 0 Å². The van der Waals surface area contributed by atoms with Crippen LogP contribution in [0.25, 0.3) is 11.0 Å². The summed E-state index contributed by atoms with van der Waals surface area (Å²) >= 11 is 3.02. The average Bonchev–Trinajstić information content (AvgIpc) is 2.46. The van der Waals surface area contributed by atoms with Gasteiger partial charge in [-0.1, -0.05) is 5.16 Å². The standard InChI is InChI=1S/C8H3BrFNO3/c9-7-6-4(8(12)13)1-3(10)2-5(6)14-11-7/h1-2H,(H,12,13). The van der Waals surface area contributed by atoms with E-state index in [9.17, 15) is 9.18 Å². The Morgan fingerprint density at radius 1 is 1.57 bits per heavy atom. The number of carbonyl (C=O) groups is 1. The van der Waals surface area contributed by atoms with E-state index in [-0.39, 0.29) is 21.1 Å². The Morgan fingerprint density at radius 3 is 2.93 bits per heavy atom. The Morgan fingerprint density at radius 2 is 2.29 bits per heavy atom. The molecule has 0 aliphatic heterocycles. The molecule has 1 aromatic heterocycles. The molecule has 2 rings (SSSR count). The Labute approximate surface area is 85.4 Å². The SMILES string of the molecule is O=C(O)c1cc(F)cc2onc(Br)c12. The largest absolute Gasteiger partial charge is 0.478 e. The first-order chi connectivity index (χ1) is 6.59. The van der Waals surface area contributed by atoms with Gasteiger partial charge >= 0.3 is 5.97 Å². The van der Waals surface area contributed by atoms with Gasteiger partial charge in [0.15, 0.2) is 10.2 Å². The molecule has 72 valence electrons. The molecule has 0 amide bonds. The van der Waals surface area contributed by atoms with Crippen molar-refractivity contribution in [2.75, 3.05) is 0 Å². The van der Waals surface area contributed by atoms with Crippen LogP contribution >= 0.6 is 15.9 Å². The van der Waals surface area contributed by atoms with Crippen molar-refractivity contribution in [1.82, 2.24) is 5.16 Å². The number of hydrogen-bond donors (Lipinski definition) is 1. The molecule has 0 aliphatic carbocycles. The number of benzene rings is 1. The summed E-state index contributed by atoms with van der Waals surface area (Å²) in [6, 6.07) is 2.01. The molecule has 0 radical (unpaired) electrons. The lowest BCUT2D eigenvalue weighted by molar-refractivity contribution is 0.0698. The maximum absolute atomic E-state index is 12.9. The number of rotatable bonds is 1. The van der Waals surface area contributed by atoms with Gasteiger partial charge in [0.05, 0.1) is 10.9 Å². The molecule has 0 atom stereocenters. The number of halogens is 2. The molecule has 0 bridgehead atoms. The molecule has 14 heavy (non-hydrogen) atoms. The number of hydrogen-bond acceptors (Lipinski definition) is 3. The molecule has 6 heteroatoms. The summed E-state index contributed by atoms with van der Waals surface area (Å²) in [7, 11) is 0. The molecule has 1 N–H and O–H groups in total. The summed E-state index contributed by atoms with van der Waals surface area (Å²) in [5.74, 6) is -1.89. The molecule has 0 fully saturated rings. The lowest BCUT2D eigenvalue weighted by atomic mass is 10.1. The van der Waals surface area contributed by atoms with Crippen LogP contribution in [0.2, 0.25) is 0 Å². The van der Waals surface area contributed by atoms with Crippen molar-refractivity contribution in [3.8, 4) is 0 Å². The Hall–Kier alpha value is -1.43. The quantitative estimate of drug-likeness (QED) is 0.855. The Balaban J connectivity index is 2.90. The van der Waals surface area contributed by atoms with E-state index in [1.807, 2.05) is 0 Å². The van der Waals surface area contributed by atoms with E-state index in [1.54, 1.807) is 0 Å². The van der Waals surface area contributed by atoms with Crippen molar-refractivity contribution in [2.45, 2.75) is 0 Å². The van der Waals surface area contributed by atoms with Gasteiger partial charge < -0.3 is 9.63 Å². The molecule has 0 unspecified atom stereocenters. The van der Waals surface area contributed by atoms with E-state index in [1.165, 1.54) is 0 Å². The normalized spacial score (nSPS) is 10.7. The van der Waals surface area contributed by atoms with Crippen molar-refractivity contribution in [3.05, 3.63) is 28.1 Å². The summed E-state index contributed by atoms with van der Waals surface area (Å²) in [6.07, 6.45) is 0. The van der Waals surface area contributed by atoms with Crippen LogP contribution in [0.5, 0.6) is 0 Å². The summed E-state index contributed by atoms with van der Waals surface area (Å²) in [5.41, 5.74) is -0.0672. The van der Waals surface area contributed by atoms with E-state index >= 15 is 0 Å². The molecule has 2 aromatic rings. The number of aromatic carboxylic acids is 1. The third kappa shape index (κ3) is 1.27. The Bertz CT molecular complexity index is 523. The van der Waals surface area contributed by atoms with Gasteiger partial charge in [0.2, 0.25) is 0 Å². The molecule has 1 heterocycles. The van der Waals surface area contributed by atoms with Crippen LogP contribution in [-0.4, -0.2) is 16.2 Å². The summed E-state index contributed by atoms with van der Waals surface area (Å²) in [5, 5.41) is 12.5. The molecule has 1 aromatic carbocycles. The second-order valence-corrected chi connectivity index (χ2v) is 3.36. The first kappa shape index (κ1) is 9.14. The zero-order valence-electron chi connectivity index (χ0n) is 6.62. The highest BCUT2D eigenvalue weighted by Crippen LogP contribution is 2.27. The zero-order valence-corrected chi connectivity index (χ0v) is 8.21. The molecule has 4 nitrogen and oxygen atoms in total. The summed E-state index contributed by atoms with van der Waals surface area (Å²) < 4.78 is 17.9. The van der Waals surface area contributed by atoms with Crippen LogP contribution in [-0.2, 0) is 0 Å². The first-order valence-corrected chi connectivity index (χ1v) is 4.36. The van der Waals surface area contributed by atoms with E-state index in [0.29, 0.717) is 0 Å². The number of fused-ring (bicyclic) bond motifs is 1. The number of aromatic nitrogens is 1. The monoisotopic (exact) mass is 259 g/mol. The number of carboxylic acids is 1. The first-order valence-electron chi connectivity index (χ1n) is 3.57. The van der Waals surface area contributed by atoms with Gasteiger partial charge in [-0.25, -0.2) is 9.18 Å². The highest BCUT2D eigenvalue weighted by molar-refractivity contribution is 9.10. The van der Waals surface area contributed by atoms with Crippen LogP contribution in [0.3, 0.4) is 0 Å². The zero-order chi connectivity index (χ0) is 10.3. The molecule has 0 spiro atoms. The van der Waals surface area contributed by atoms with Crippen LogP contribution in [0.15, 0.2) is 21.3 Å². The van der Waals surface area contributed by atoms with E-state index in [2.05, 4.69) is 21.1 Å². The number of carboxylic acid groups (broad SMARTS) is 1. The van der Waals surface area contributed by atoms with Crippen LogP contribution in [0.1, 0.15) is 10.4 Å². The molecule has 0 saturated heterocycles. The van der Waals surface area contributed by atoms with Crippen molar-refractivity contribution < 1.29 is 18.8 Å². The van der Waals surface area contributed by atoms with Gasteiger partial charge in [-0.15, -0.1) is 0 Å². The highest BCUT2D eigenvalue weighted by Gasteiger charge is 2.17. The summed E-state index contributed by atoms with van der Waals surface area (Å²) in [4.78, 5) is 10.8. The van der Waals surface area contributed by atoms with Gasteiger partial charge in [-0.3, -0.25) is 0 Å². The lowest BCUT2D eigenvalue weighted by Crippen LogP contribution is -1.97. The fourth-order valence-electron chi connectivity index (χ4n) is 1.17. The molecule has 0 saturated carbocycles. The predicted octanol–water partition coefficient (Wildman–Crippen LogP) is 2.43. The maximum atomic E-state index is 12.9. The smallest absolute Gasteiger partial charge is 0.336 e. The van der Waals surface area contributed by atoms with Crippen molar-refractivity contribution in [1.29, 1.82) is 0 Å². The highest BCUT2D eigenvalue weighted by atomic mass is 79.9. The van der Waals surface area contributed by atoms with Gasteiger partial charge in [-0.05, 0) is 22.0 Å². The topological polar surface area (TPSA) is 63.3 Å². The fraction of sp³-hybridized carbons (Fsp3) is 0. The van der Waals surface area contributed by atoms with E-state index in [4.69, 9.17) is 9.63 Å². The predicted molar refractivity (Wildman–Crippen MR) is 48.6 cm³/mol. The van der Waals surface area contributed by atoms with Gasteiger partial charge in [0, 0.05) is 6.07 Å².